The summed E-state index contributed by atoms with van der Waals surface area (Å²) in [5, 5.41) is 2.66. The molecule has 0 aliphatic carbocycles. The maximum Gasteiger partial charge on any atom is 0.340 e. The van der Waals surface area contributed by atoms with Crippen LogP contribution in [0.25, 0.3) is 0 Å². The number of carbonyl (C=O) groups excluding carboxylic acids is 3. The van der Waals surface area contributed by atoms with Crippen molar-refractivity contribution < 1.29 is 33.3 Å². The average Bonchev–Trinajstić information content (AvgIpc) is 2.85. The van der Waals surface area contributed by atoms with Gasteiger partial charge in [0.15, 0.2) is 6.10 Å². The molecule has 0 unspecified atom stereocenters. The van der Waals surface area contributed by atoms with Crippen LogP contribution in [-0.4, -0.2) is 55.1 Å². The van der Waals surface area contributed by atoms with Gasteiger partial charge in [-0.05, 0) is 12.1 Å². The number of amides is 1. The Balaban J connectivity index is 1.78. The van der Waals surface area contributed by atoms with Crippen molar-refractivity contribution >= 4 is 17.8 Å². The van der Waals surface area contributed by atoms with E-state index in [0.29, 0.717) is 5.56 Å². The summed E-state index contributed by atoms with van der Waals surface area (Å²) < 4.78 is 22.0. The Hall–Kier alpha value is -2.45. The van der Waals surface area contributed by atoms with E-state index in [1.807, 2.05) is 0 Å². The molecule has 2 saturated heterocycles. The van der Waals surface area contributed by atoms with Gasteiger partial charge in [-0.3, -0.25) is 9.59 Å². The van der Waals surface area contributed by atoms with Gasteiger partial charge in [0.25, 0.3) is 0 Å². The molecule has 1 aromatic carbocycles. The summed E-state index contributed by atoms with van der Waals surface area (Å²) in [5.74, 6) is -1.40. The highest BCUT2D eigenvalue weighted by molar-refractivity contribution is 5.89. The van der Waals surface area contributed by atoms with Crippen LogP contribution in [0.15, 0.2) is 30.3 Å². The van der Waals surface area contributed by atoms with E-state index in [1.165, 1.54) is 13.8 Å². The highest BCUT2D eigenvalue weighted by Crippen LogP contribution is 2.33. The summed E-state index contributed by atoms with van der Waals surface area (Å²) in [6, 6.07) is 7.66. The zero-order chi connectivity index (χ0) is 18.0. The fourth-order valence-electron chi connectivity index (χ4n) is 3.01. The maximum absolute atomic E-state index is 12.3. The van der Waals surface area contributed by atoms with Crippen LogP contribution in [0, 0.1) is 0 Å². The standard InChI is InChI=1S/C17H19NO7/c1-9(19)18-13-15-14(23-10(2)20)12(8-22-15)24-17(13)25-16(21)11-6-4-3-5-7-11/h3-7,12-15,17H,8H2,1-2H3,(H,18,19)/t12-,13-,14-,15+,17-/m0/s1. The number of benzene rings is 1. The zero-order valence-electron chi connectivity index (χ0n) is 13.8. The van der Waals surface area contributed by atoms with Crippen LogP contribution in [0.4, 0.5) is 0 Å². The van der Waals surface area contributed by atoms with E-state index >= 15 is 0 Å². The van der Waals surface area contributed by atoms with Crippen molar-refractivity contribution in [2.24, 2.45) is 0 Å². The van der Waals surface area contributed by atoms with Gasteiger partial charge in [0.05, 0.1) is 12.2 Å². The molecule has 2 aliphatic heterocycles. The SMILES string of the molecule is CC(=O)N[C@@H]1[C@H](OC(=O)c2ccccc2)O[C@H]2CO[C@H]1[C@H]2OC(C)=O. The number of esters is 2. The quantitative estimate of drug-likeness (QED) is 0.786. The van der Waals surface area contributed by atoms with Gasteiger partial charge in [-0.15, -0.1) is 0 Å². The Morgan fingerprint density at radius 1 is 1.12 bits per heavy atom. The topological polar surface area (TPSA) is 100 Å². The highest BCUT2D eigenvalue weighted by atomic mass is 16.7. The minimum absolute atomic E-state index is 0.179. The number of hydrogen-bond acceptors (Lipinski definition) is 7. The Bertz CT molecular complexity index is 662. The molecule has 1 N–H and O–H groups in total. The monoisotopic (exact) mass is 349 g/mol. The van der Waals surface area contributed by atoms with Gasteiger partial charge < -0.3 is 24.3 Å². The molecule has 5 atom stereocenters. The van der Waals surface area contributed by atoms with Crippen LogP contribution in [-0.2, 0) is 28.5 Å². The van der Waals surface area contributed by atoms with E-state index < -0.39 is 42.6 Å². The second-order valence-corrected chi connectivity index (χ2v) is 5.91. The van der Waals surface area contributed by atoms with Crippen molar-refractivity contribution in [2.45, 2.75) is 44.5 Å². The Labute approximate surface area is 144 Å². The molecule has 25 heavy (non-hydrogen) atoms. The van der Waals surface area contributed by atoms with Crippen LogP contribution in [0.1, 0.15) is 24.2 Å². The van der Waals surface area contributed by atoms with Crippen LogP contribution < -0.4 is 5.32 Å². The summed E-state index contributed by atoms with van der Waals surface area (Å²) >= 11 is 0. The Morgan fingerprint density at radius 2 is 1.84 bits per heavy atom. The molecular weight excluding hydrogens is 330 g/mol. The first-order valence-electron chi connectivity index (χ1n) is 7.93. The normalized spacial score (nSPS) is 30.4. The molecule has 8 nitrogen and oxygen atoms in total. The summed E-state index contributed by atoms with van der Waals surface area (Å²) in [4.78, 5) is 35.1. The van der Waals surface area contributed by atoms with Crippen LogP contribution in [0.5, 0.6) is 0 Å². The number of ether oxygens (including phenoxy) is 4. The Morgan fingerprint density at radius 3 is 2.48 bits per heavy atom. The first-order valence-corrected chi connectivity index (χ1v) is 7.93. The number of rotatable bonds is 4. The molecule has 0 spiro atoms. The number of nitrogens with one attached hydrogen (secondary N) is 1. The lowest BCUT2D eigenvalue weighted by atomic mass is 9.99. The summed E-state index contributed by atoms with van der Waals surface area (Å²) in [5.41, 5.74) is 0.364. The second-order valence-electron chi connectivity index (χ2n) is 5.91. The van der Waals surface area contributed by atoms with Crippen molar-refractivity contribution in [3.8, 4) is 0 Å². The van der Waals surface area contributed by atoms with Crippen molar-refractivity contribution in [2.75, 3.05) is 6.61 Å². The van der Waals surface area contributed by atoms with Crippen molar-refractivity contribution in [1.29, 1.82) is 0 Å². The third-order valence-electron chi connectivity index (χ3n) is 4.00. The van der Waals surface area contributed by atoms with Crippen LogP contribution in [0.2, 0.25) is 0 Å². The minimum Gasteiger partial charge on any atom is -0.457 e. The first kappa shape index (κ1) is 17.4. The summed E-state index contributed by atoms with van der Waals surface area (Å²) in [6.07, 6.45) is -2.92. The molecule has 8 heteroatoms. The van der Waals surface area contributed by atoms with E-state index in [4.69, 9.17) is 18.9 Å². The van der Waals surface area contributed by atoms with Crippen molar-refractivity contribution in [3.63, 3.8) is 0 Å². The number of hydrogen-bond donors (Lipinski definition) is 1. The minimum atomic E-state index is -1.04. The lowest BCUT2D eigenvalue weighted by Crippen LogP contribution is -2.61. The molecule has 2 fully saturated rings. The highest BCUT2D eigenvalue weighted by Gasteiger charge is 2.55. The van der Waals surface area contributed by atoms with E-state index in [-0.39, 0.29) is 12.5 Å². The molecule has 2 heterocycles. The average molecular weight is 349 g/mol. The largest absolute Gasteiger partial charge is 0.457 e. The molecule has 0 radical (unpaired) electrons. The number of fused-ring (bicyclic) bond motifs is 2. The predicted octanol–water partition coefficient (Wildman–Crippen LogP) is 0.403. The van der Waals surface area contributed by atoms with Gasteiger partial charge in [-0.25, -0.2) is 4.79 Å². The van der Waals surface area contributed by atoms with Crippen molar-refractivity contribution in [1.82, 2.24) is 5.32 Å². The van der Waals surface area contributed by atoms with Crippen LogP contribution >= 0.6 is 0 Å². The molecule has 134 valence electrons. The van der Waals surface area contributed by atoms with Gasteiger partial charge in [0.1, 0.15) is 18.2 Å². The second kappa shape index (κ2) is 7.20. The smallest absolute Gasteiger partial charge is 0.340 e. The van der Waals surface area contributed by atoms with Gasteiger partial charge in [-0.2, -0.15) is 0 Å². The maximum atomic E-state index is 12.3. The third kappa shape index (κ3) is 3.80. The lowest BCUT2D eigenvalue weighted by molar-refractivity contribution is -0.216. The van der Waals surface area contributed by atoms with E-state index in [9.17, 15) is 14.4 Å². The zero-order valence-corrected chi connectivity index (χ0v) is 13.8. The van der Waals surface area contributed by atoms with Gasteiger partial charge >= 0.3 is 11.9 Å². The first-order chi connectivity index (χ1) is 12.0. The van der Waals surface area contributed by atoms with Crippen molar-refractivity contribution in [3.05, 3.63) is 35.9 Å². The molecule has 1 aromatic rings. The van der Waals surface area contributed by atoms with Crippen LogP contribution in [0.3, 0.4) is 0 Å². The number of carbonyl (C=O) groups is 3. The summed E-state index contributed by atoms with van der Waals surface area (Å²) in [7, 11) is 0. The molecule has 3 rings (SSSR count). The van der Waals surface area contributed by atoms with E-state index in [1.54, 1.807) is 30.3 Å². The molecule has 2 bridgehead atoms. The summed E-state index contributed by atoms with van der Waals surface area (Å²) in [6.45, 7) is 2.80. The molecule has 2 aliphatic rings. The molecule has 0 aromatic heterocycles. The van der Waals surface area contributed by atoms with E-state index in [0.717, 1.165) is 0 Å². The predicted molar refractivity (Wildman–Crippen MR) is 83.4 cm³/mol. The van der Waals surface area contributed by atoms with E-state index in [2.05, 4.69) is 5.32 Å². The van der Waals surface area contributed by atoms with Gasteiger partial charge in [-0.1, -0.05) is 18.2 Å². The Kier molecular flexibility index (Phi) is 5.00. The van der Waals surface area contributed by atoms with Gasteiger partial charge in [0.2, 0.25) is 12.2 Å². The third-order valence-corrected chi connectivity index (χ3v) is 4.00. The lowest BCUT2D eigenvalue weighted by Gasteiger charge is -2.38. The fourth-order valence-corrected chi connectivity index (χ4v) is 3.01. The molecule has 0 saturated carbocycles. The fraction of sp³-hybridized carbons (Fsp3) is 0.471. The van der Waals surface area contributed by atoms with Gasteiger partial charge in [0, 0.05) is 13.8 Å². The molecular formula is C17H19NO7. The molecule has 1 amide bonds.